The smallest absolute Gasteiger partial charge is 0.224 e. The molecule has 1 aliphatic carbocycles. The van der Waals surface area contributed by atoms with Crippen molar-refractivity contribution in [2.45, 2.75) is 32.1 Å². The molecule has 0 heterocycles. The van der Waals surface area contributed by atoms with E-state index in [9.17, 15) is 4.79 Å². The molecule has 1 fully saturated rings. The molecule has 86 valence electrons. The summed E-state index contributed by atoms with van der Waals surface area (Å²) in [4.78, 5) is 11.7. The van der Waals surface area contributed by atoms with Gasteiger partial charge in [-0.15, -0.1) is 0 Å². The second-order valence-corrected chi connectivity index (χ2v) is 4.53. The third-order valence-electron chi connectivity index (χ3n) is 3.12. The van der Waals surface area contributed by atoms with Gasteiger partial charge in [0, 0.05) is 17.8 Å². The van der Waals surface area contributed by atoms with Crippen LogP contribution in [0.5, 0.6) is 0 Å². The number of amides is 1. The summed E-state index contributed by atoms with van der Waals surface area (Å²) >= 11 is 0. The molecular weight excluding hydrogens is 200 g/mol. The summed E-state index contributed by atoms with van der Waals surface area (Å²) in [6.07, 6.45) is 5.59. The fraction of sp³-hybridized carbons (Fsp3) is 0.462. The van der Waals surface area contributed by atoms with Crippen molar-refractivity contribution >= 4 is 17.3 Å². The molecule has 0 atom stereocenters. The first kappa shape index (κ1) is 11.0. The van der Waals surface area contributed by atoms with Crippen molar-refractivity contribution in [2.75, 3.05) is 11.1 Å². The number of anilines is 2. The number of nitrogens with two attached hydrogens (primary N) is 1. The fourth-order valence-corrected chi connectivity index (χ4v) is 2.31. The van der Waals surface area contributed by atoms with Crippen LogP contribution in [0.3, 0.4) is 0 Å². The Morgan fingerprint density at radius 3 is 2.81 bits per heavy atom. The average molecular weight is 218 g/mol. The van der Waals surface area contributed by atoms with E-state index in [2.05, 4.69) is 5.32 Å². The maximum atomic E-state index is 11.7. The number of benzene rings is 1. The van der Waals surface area contributed by atoms with Crippen LogP contribution in [0.25, 0.3) is 0 Å². The minimum Gasteiger partial charge on any atom is -0.399 e. The van der Waals surface area contributed by atoms with Crippen molar-refractivity contribution in [3.8, 4) is 0 Å². The maximum absolute atomic E-state index is 11.7. The molecule has 0 aliphatic heterocycles. The van der Waals surface area contributed by atoms with E-state index in [1.54, 1.807) is 6.07 Å². The van der Waals surface area contributed by atoms with E-state index in [1.165, 1.54) is 25.7 Å². The number of carbonyl (C=O) groups is 1. The number of nitrogens with one attached hydrogen (secondary N) is 1. The van der Waals surface area contributed by atoms with Gasteiger partial charge in [0.1, 0.15) is 0 Å². The lowest BCUT2D eigenvalue weighted by Gasteiger charge is -2.09. The lowest BCUT2D eigenvalue weighted by molar-refractivity contribution is -0.117. The summed E-state index contributed by atoms with van der Waals surface area (Å²) in [5, 5.41) is 2.89. The van der Waals surface area contributed by atoms with Gasteiger partial charge in [0.05, 0.1) is 0 Å². The van der Waals surface area contributed by atoms with E-state index in [1.807, 2.05) is 18.2 Å². The van der Waals surface area contributed by atoms with Crippen molar-refractivity contribution in [1.29, 1.82) is 0 Å². The van der Waals surface area contributed by atoms with Gasteiger partial charge in [-0.1, -0.05) is 18.9 Å². The number of hydrogen-bond acceptors (Lipinski definition) is 2. The van der Waals surface area contributed by atoms with Gasteiger partial charge in [0.2, 0.25) is 5.91 Å². The van der Waals surface area contributed by atoms with Crippen molar-refractivity contribution < 1.29 is 4.79 Å². The van der Waals surface area contributed by atoms with E-state index in [0.29, 0.717) is 18.0 Å². The zero-order chi connectivity index (χ0) is 11.4. The van der Waals surface area contributed by atoms with Crippen LogP contribution in [0.1, 0.15) is 32.1 Å². The molecule has 0 spiro atoms. The Hall–Kier alpha value is -1.51. The van der Waals surface area contributed by atoms with Gasteiger partial charge < -0.3 is 11.1 Å². The number of nitrogen functional groups attached to an aromatic ring is 1. The van der Waals surface area contributed by atoms with Crippen molar-refractivity contribution in [2.24, 2.45) is 5.92 Å². The van der Waals surface area contributed by atoms with Crippen LogP contribution in [-0.4, -0.2) is 5.91 Å². The predicted molar refractivity (Wildman–Crippen MR) is 66.1 cm³/mol. The van der Waals surface area contributed by atoms with E-state index in [4.69, 9.17) is 5.73 Å². The molecule has 16 heavy (non-hydrogen) atoms. The fourth-order valence-electron chi connectivity index (χ4n) is 2.31. The summed E-state index contributed by atoms with van der Waals surface area (Å²) in [6.45, 7) is 0. The summed E-state index contributed by atoms with van der Waals surface area (Å²) in [6, 6.07) is 7.31. The highest BCUT2D eigenvalue weighted by Gasteiger charge is 2.18. The Morgan fingerprint density at radius 1 is 1.38 bits per heavy atom. The quantitative estimate of drug-likeness (QED) is 0.766. The van der Waals surface area contributed by atoms with Crippen molar-refractivity contribution in [3.05, 3.63) is 24.3 Å². The predicted octanol–water partition coefficient (Wildman–Crippen LogP) is 2.79. The Balaban J connectivity index is 1.86. The first-order valence-electron chi connectivity index (χ1n) is 5.89. The van der Waals surface area contributed by atoms with Crippen LogP contribution in [0, 0.1) is 5.92 Å². The minimum atomic E-state index is 0.109. The topological polar surface area (TPSA) is 55.1 Å². The van der Waals surface area contributed by atoms with Gasteiger partial charge >= 0.3 is 0 Å². The zero-order valence-corrected chi connectivity index (χ0v) is 9.41. The lowest BCUT2D eigenvalue weighted by atomic mass is 10.0. The number of rotatable bonds is 3. The maximum Gasteiger partial charge on any atom is 0.224 e. The van der Waals surface area contributed by atoms with Crippen LogP contribution >= 0.6 is 0 Å². The van der Waals surface area contributed by atoms with Crippen LogP contribution in [-0.2, 0) is 4.79 Å². The molecule has 0 unspecified atom stereocenters. The highest BCUT2D eigenvalue weighted by atomic mass is 16.1. The summed E-state index contributed by atoms with van der Waals surface area (Å²) in [5.74, 6) is 0.693. The molecule has 0 radical (unpaired) electrons. The molecule has 1 amide bonds. The van der Waals surface area contributed by atoms with E-state index in [0.717, 1.165) is 5.69 Å². The Bertz CT molecular complexity index is 370. The van der Waals surface area contributed by atoms with Crippen LogP contribution in [0.15, 0.2) is 24.3 Å². The van der Waals surface area contributed by atoms with Crippen molar-refractivity contribution in [3.63, 3.8) is 0 Å². The van der Waals surface area contributed by atoms with E-state index < -0.39 is 0 Å². The Kier molecular flexibility index (Phi) is 3.44. The van der Waals surface area contributed by atoms with E-state index in [-0.39, 0.29) is 5.91 Å². The molecule has 0 bridgehead atoms. The molecule has 0 aromatic heterocycles. The molecule has 3 N–H and O–H groups in total. The van der Waals surface area contributed by atoms with Gasteiger partial charge in [0.25, 0.3) is 0 Å². The summed E-state index contributed by atoms with van der Waals surface area (Å²) < 4.78 is 0. The Labute approximate surface area is 96.0 Å². The first-order chi connectivity index (χ1) is 7.74. The largest absolute Gasteiger partial charge is 0.399 e. The molecule has 1 aliphatic rings. The van der Waals surface area contributed by atoms with Crippen LogP contribution < -0.4 is 11.1 Å². The monoisotopic (exact) mass is 218 g/mol. The average Bonchev–Trinajstić information content (AvgIpc) is 2.70. The summed E-state index contributed by atoms with van der Waals surface area (Å²) in [5.41, 5.74) is 7.12. The first-order valence-corrected chi connectivity index (χ1v) is 5.89. The molecule has 1 saturated carbocycles. The van der Waals surface area contributed by atoms with Gasteiger partial charge in [-0.05, 0) is 37.0 Å². The molecule has 3 heteroatoms. The van der Waals surface area contributed by atoms with Gasteiger partial charge in [0.15, 0.2) is 0 Å². The normalized spacial score (nSPS) is 16.2. The number of carbonyl (C=O) groups excluding carboxylic acids is 1. The molecular formula is C13H18N2O. The second kappa shape index (κ2) is 5.01. The van der Waals surface area contributed by atoms with Crippen LogP contribution in [0.2, 0.25) is 0 Å². The third kappa shape index (κ3) is 2.99. The molecule has 3 nitrogen and oxygen atoms in total. The molecule has 2 rings (SSSR count). The highest BCUT2D eigenvalue weighted by Crippen LogP contribution is 2.27. The second-order valence-electron chi connectivity index (χ2n) is 4.53. The highest BCUT2D eigenvalue weighted by molar-refractivity contribution is 5.91. The number of hydrogen-bond donors (Lipinski definition) is 2. The SMILES string of the molecule is Nc1cccc(NC(=O)CC2CCCC2)c1. The standard InChI is InChI=1S/C13H18N2O/c14-11-6-3-7-12(9-11)15-13(16)8-10-4-1-2-5-10/h3,6-7,9-10H,1-2,4-5,8,14H2,(H,15,16). The van der Waals surface area contributed by atoms with Gasteiger partial charge in [-0.25, -0.2) is 0 Å². The minimum absolute atomic E-state index is 0.109. The Morgan fingerprint density at radius 2 is 2.12 bits per heavy atom. The van der Waals surface area contributed by atoms with Crippen molar-refractivity contribution in [1.82, 2.24) is 0 Å². The summed E-state index contributed by atoms with van der Waals surface area (Å²) in [7, 11) is 0. The van der Waals surface area contributed by atoms with Crippen LogP contribution in [0.4, 0.5) is 11.4 Å². The molecule has 0 saturated heterocycles. The zero-order valence-electron chi connectivity index (χ0n) is 9.41. The lowest BCUT2D eigenvalue weighted by Crippen LogP contribution is -2.15. The molecule has 1 aromatic carbocycles. The van der Waals surface area contributed by atoms with Gasteiger partial charge in [-0.3, -0.25) is 4.79 Å². The molecule has 1 aromatic rings. The third-order valence-corrected chi connectivity index (χ3v) is 3.12. The van der Waals surface area contributed by atoms with Gasteiger partial charge in [-0.2, -0.15) is 0 Å². The van der Waals surface area contributed by atoms with E-state index >= 15 is 0 Å².